The van der Waals surface area contributed by atoms with Gasteiger partial charge in [0.2, 0.25) is 5.91 Å². The first-order valence-electron chi connectivity index (χ1n) is 9.67. The van der Waals surface area contributed by atoms with Gasteiger partial charge in [0.15, 0.2) is 11.6 Å². The highest BCUT2D eigenvalue weighted by Gasteiger charge is 2.26. The van der Waals surface area contributed by atoms with Crippen molar-refractivity contribution in [3.05, 3.63) is 36.0 Å². The van der Waals surface area contributed by atoms with Crippen LogP contribution in [-0.4, -0.2) is 52.2 Å². The molecule has 0 aliphatic carbocycles. The average molecular weight is 368 g/mol. The van der Waals surface area contributed by atoms with E-state index >= 15 is 0 Å². The Hall–Kier alpha value is -2.70. The third kappa shape index (κ3) is 4.72. The van der Waals surface area contributed by atoms with Crippen molar-refractivity contribution < 1.29 is 4.79 Å². The molecular formula is C20H28N6O. The van der Waals surface area contributed by atoms with Gasteiger partial charge >= 0.3 is 0 Å². The van der Waals surface area contributed by atoms with E-state index in [9.17, 15) is 4.79 Å². The molecular weight excluding hydrogens is 340 g/mol. The zero-order valence-corrected chi connectivity index (χ0v) is 16.4. The van der Waals surface area contributed by atoms with E-state index in [1.165, 1.54) is 0 Å². The summed E-state index contributed by atoms with van der Waals surface area (Å²) >= 11 is 0. The van der Waals surface area contributed by atoms with Crippen LogP contribution in [0.3, 0.4) is 0 Å². The Morgan fingerprint density at radius 3 is 2.30 bits per heavy atom. The SMILES string of the molecule is CCC(CC)C(=O)N1CCN(c2ccc(Nc3ccc(C)cn3)nn2)CC1. The molecule has 7 heteroatoms. The maximum atomic E-state index is 12.5. The van der Waals surface area contributed by atoms with E-state index in [2.05, 4.69) is 39.2 Å². The van der Waals surface area contributed by atoms with Crippen molar-refractivity contribution in [3.8, 4) is 0 Å². The van der Waals surface area contributed by atoms with E-state index in [-0.39, 0.29) is 11.8 Å². The van der Waals surface area contributed by atoms with Crippen LogP contribution in [0.4, 0.5) is 17.5 Å². The summed E-state index contributed by atoms with van der Waals surface area (Å²) in [5.41, 5.74) is 1.11. The topological polar surface area (TPSA) is 74.2 Å². The molecule has 0 unspecified atom stereocenters. The van der Waals surface area contributed by atoms with E-state index in [1.54, 1.807) is 0 Å². The van der Waals surface area contributed by atoms with Crippen molar-refractivity contribution in [2.45, 2.75) is 33.6 Å². The molecule has 1 fully saturated rings. The molecule has 27 heavy (non-hydrogen) atoms. The van der Waals surface area contributed by atoms with Gasteiger partial charge in [-0.25, -0.2) is 4.98 Å². The predicted octanol–water partition coefficient (Wildman–Crippen LogP) is 3.01. The predicted molar refractivity (Wildman–Crippen MR) is 107 cm³/mol. The van der Waals surface area contributed by atoms with Crippen LogP contribution >= 0.6 is 0 Å². The van der Waals surface area contributed by atoms with Crippen molar-refractivity contribution in [1.29, 1.82) is 0 Å². The van der Waals surface area contributed by atoms with Gasteiger partial charge in [-0.2, -0.15) is 0 Å². The van der Waals surface area contributed by atoms with Crippen LogP contribution in [0.15, 0.2) is 30.5 Å². The fourth-order valence-electron chi connectivity index (χ4n) is 3.29. The number of amides is 1. The molecule has 0 saturated carbocycles. The molecule has 0 radical (unpaired) electrons. The number of anilines is 3. The minimum atomic E-state index is 0.150. The Morgan fingerprint density at radius 1 is 1.04 bits per heavy atom. The van der Waals surface area contributed by atoms with Crippen LogP contribution in [0.1, 0.15) is 32.3 Å². The molecule has 2 aromatic rings. The van der Waals surface area contributed by atoms with Crippen LogP contribution in [0.2, 0.25) is 0 Å². The highest BCUT2D eigenvalue weighted by molar-refractivity contribution is 5.79. The molecule has 1 saturated heterocycles. The van der Waals surface area contributed by atoms with E-state index in [4.69, 9.17) is 0 Å². The van der Waals surface area contributed by atoms with Gasteiger partial charge in [0.25, 0.3) is 0 Å². The smallest absolute Gasteiger partial charge is 0.225 e. The third-order valence-corrected chi connectivity index (χ3v) is 5.07. The molecule has 2 aromatic heterocycles. The first-order valence-corrected chi connectivity index (χ1v) is 9.67. The van der Waals surface area contributed by atoms with Crippen LogP contribution in [0, 0.1) is 12.8 Å². The fraction of sp³-hybridized carbons (Fsp3) is 0.500. The number of aromatic nitrogens is 3. The van der Waals surface area contributed by atoms with Crippen molar-refractivity contribution in [3.63, 3.8) is 0 Å². The maximum Gasteiger partial charge on any atom is 0.225 e. The van der Waals surface area contributed by atoms with Crippen LogP contribution in [0.5, 0.6) is 0 Å². The molecule has 0 atom stereocenters. The molecule has 1 amide bonds. The van der Waals surface area contributed by atoms with Crippen molar-refractivity contribution in [1.82, 2.24) is 20.1 Å². The highest BCUT2D eigenvalue weighted by Crippen LogP contribution is 2.18. The summed E-state index contributed by atoms with van der Waals surface area (Å²) in [5, 5.41) is 11.7. The summed E-state index contributed by atoms with van der Waals surface area (Å²) in [6.45, 7) is 9.22. The summed E-state index contributed by atoms with van der Waals surface area (Å²) < 4.78 is 0. The van der Waals surface area contributed by atoms with Crippen molar-refractivity contribution in [2.24, 2.45) is 5.92 Å². The second kappa shape index (κ2) is 8.79. The molecule has 3 rings (SSSR count). The normalized spacial score (nSPS) is 14.5. The number of aryl methyl sites for hydroxylation is 1. The molecule has 1 N–H and O–H groups in total. The van der Waals surface area contributed by atoms with Gasteiger partial charge < -0.3 is 15.1 Å². The Bertz CT molecular complexity index is 734. The van der Waals surface area contributed by atoms with Crippen LogP contribution in [0.25, 0.3) is 0 Å². The summed E-state index contributed by atoms with van der Waals surface area (Å²) in [4.78, 5) is 21.0. The highest BCUT2D eigenvalue weighted by atomic mass is 16.2. The van der Waals surface area contributed by atoms with Gasteiger partial charge in [0.1, 0.15) is 5.82 Å². The molecule has 1 aliphatic rings. The lowest BCUT2D eigenvalue weighted by molar-refractivity contribution is -0.136. The monoisotopic (exact) mass is 368 g/mol. The van der Waals surface area contributed by atoms with Crippen molar-refractivity contribution in [2.75, 3.05) is 36.4 Å². The molecule has 0 aromatic carbocycles. The van der Waals surface area contributed by atoms with Crippen molar-refractivity contribution >= 4 is 23.4 Å². The summed E-state index contributed by atoms with van der Waals surface area (Å²) in [6.07, 6.45) is 3.63. The van der Waals surface area contributed by atoms with Gasteiger partial charge in [-0.3, -0.25) is 4.79 Å². The zero-order chi connectivity index (χ0) is 19.2. The minimum Gasteiger partial charge on any atom is -0.352 e. The molecule has 144 valence electrons. The number of nitrogens with one attached hydrogen (secondary N) is 1. The Balaban J connectivity index is 1.55. The quantitative estimate of drug-likeness (QED) is 0.845. The molecule has 7 nitrogen and oxygen atoms in total. The first kappa shape index (κ1) is 19.1. The summed E-state index contributed by atoms with van der Waals surface area (Å²) in [7, 11) is 0. The van der Waals surface area contributed by atoms with E-state index in [0.717, 1.165) is 56.2 Å². The van der Waals surface area contributed by atoms with E-state index in [1.807, 2.05) is 42.3 Å². The molecule has 1 aliphatic heterocycles. The number of nitrogens with zero attached hydrogens (tertiary/aromatic N) is 5. The van der Waals surface area contributed by atoms with E-state index < -0.39 is 0 Å². The Labute approximate surface area is 160 Å². The number of piperazine rings is 1. The van der Waals surface area contributed by atoms with Gasteiger partial charge in [-0.15, -0.1) is 10.2 Å². The van der Waals surface area contributed by atoms with Gasteiger partial charge in [0.05, 0.1) is 0 Å². The maximum absolute atomic E-state index is 12.5. The fourth-order valence-corrected chi connectivity index (χ4v) is 3.29. The number of hydrogen-bond acceptors (Lipinski definition) is 6. The van der Waals surface area contributed by atoms with Gasteiger partial charge in [0, 0.05) is 38.3 Å². The summed E-state index contributed by atoms with van der Waals surface area (Å²) in [5.74, 6) is 2.69. The molecule has 3 heterocycles. The average Bonchev–Trinajstić information content (AvgIpc) is 2.71. The summed E-state index contributed by atoms with van der Waals surface area (Å²) in [6, 6.07) is 7.79. The number of carbonyl (C=O) groups is 1. The number of rotatable bonds is 6. The molecule has 0 spiro atoms. The minimum absolute atomic E-state index is 0.150. The lowest BCUT2D eigenvalue weighted by atomic mass is 10.0. The second-order valence-electron chi connectivity index (χ2n) is 6.95. The largest absolute Gasteiger partial charge is 0.352 e. The third-order valence-electron chi connectivity index (χ3n) is 5.07. The second-order valence-corrected chi connectivity index (χ2v) is 6.95. The van der Waals surface area contributed by atoms with Gasteiger partial charge in [-0.05, 0) is 43.5 Å². The molecule has 0 bridgehead atoms. The van der Waals surface area contributed by atoms with Crippen LogP contribution < -0.4 is 10.2 Å². The Morgan fingerprint density at radius 2 is 1.74 bits per heavy atom. The standard InChI is InChI=1S/C20H28N6O/c1-4-16(5-2)20(27)26-12-10-25(11-13-26)19-9-8-18(23-24-19)22-17-7-6-15(3)14-21-17/h6-9,14,16H,4-5,10-13H2,1-3H3,(H,21,22,23). The van der Waals surface area contributed by atoms with E-state index in [0.29, 0.717) is 5.82 Å². The Kier molecular flexibility index (Phi) is 6.21. The number of carbonyl (C=O) groups excluding carboxylic acids is 1. The number of pyridine rings is 1. The van der Waals surface area contributed by atoms with Gasteiger partial charge in [-0.1, -0.05) is 19.9 Å². The zero-order valence-electron chi connectivity index (χ0n) is 16.4. The van der Waals surface area contributed by atoms with Crippen LogP contribution in [-0.2, 0) is 4.79 Å². The lowest BCUT2D eigenvalue weighted by Crippen LogP contribution is -2.50. The lowest BCUT2D eigenvalue weighted by Gasteiger charge is -2.36. The first-order chi connectivity index (χ1) is 13.1. The number of hydrogen-bond donors (Lipinski definition) is 1.